The SMILES string of the molecule is C=C(C)Oc1cccc(-c2ccoc2C(=O)NNC(=O)c2ccc(O)c([N+](=O)[O-])c2)c1. The molecule has 0 saturated carbocycles. The van der Waals surface area contributed by atoms with E-state index in [9.17, 15) is 24.8 Å². The monoisotopic (exact) mass is 423 g/mol. The van der Waals surface area contributed by atoms with Crippen molar-refractivity contribution < 1.29 is 28.8 Å². The summed E-state index contributed by atoms with van der Waals surface area (Å²) < 4.78 is 10.7. The van der Waals surface area contributed by atoms with E-state index in [1.165, 1.54) is 12.3 Å². The molecular formula is C21H17N3O7. The van der Waals surface area contributed by atoms with E-state index in [4.69, 9.17) is 9.15 Å². The van der Waals surface area contributed by atoms with Crippen LogP contribution in [0, 0.1) is 10.1 Å². The molecule has 31 heavy (non-hydrogen) atoms. The predicted octanol–water partition coefficient (Wildman–Crippen LogP) is 3.55. The number of phenolic OH excluding ortho intramolecular Hbond substituents is 1. The van der Waals surface area contributed by atoms with E-state index in [1.807, 2.05) is 0 Å². The fourth-order valence-electron chi connectivity index (χ4n) is 2.69. The molecule has 0 saturated heterocycles. The summed E-state index contributed by atoms with van der Waals surface area (Å²) in [5.74, 6) is -1.18. The number of benzene rings is 2. The van der Waals surface area contributed by atoms with Gasteiger partial charge >= 0.3 is 11.6 Å². The first kappa shape index (κ1) is 21.1. The van der Waals surface area contributed by atoms with Gasteiger partial charge in [0.1, 0.15) is 5.75 Å². The number of nitrogens with one attached hydrogen (secondary N) is 2. The topological polar surface area (TPSA) is 144 Å². The maximum absolute atomic E-state index is 12.5. The second-order valence-corrected chi connectivity index (χ2v) is 6.36. The van der Waals surface area contributed by atoms with Crippen LogP contribution in [0.2, 0.25) is 0 Å². The number of ether oxygens (including phenoxy) is 1. The summed E-state index contributed by atoms with van der Waals surface area (Å²) in [5, 5.41) is 20.4. The van der Waals surface area contributed by atoms with Crippen molar-refractivity contribution in [2.75, 3.05) is 0 Å². The molecule has 158 valence electrons. The van der Waals surface area contributed by atoms with Crippen molar-refractivity contribution in [2.24, 2.45) is 0 Å². The van der Waals surface area contributed by atoms with Gasteiger partial charge in [0.05, 0.1) is 16.9 Å². The van der Waals surface area contributed by atoms with Crippen LogP contribution >= 0.6 is 0 Å². The van der Waals surface area contributed by atoms with Gasteiger partial charge in [-0.05, 0) is 42.8 Å². The molecule has 0 aliphatic carbocycles. The maximum Gasteiger partial charge on any atom is 0.311 e. The molecule has 1 heterocycles. The Balaban J connectivity index is 1.74. The van der Waals surface area contributed by atoms with Crippen molar-refractivity contribution in [1.82, 2.24) is 10.9 Å². The number of phenols is 1. The molecule has 3 rings (SSSR count). The summed E-state index contributed by atoms with van der Waals surface area (Å²) in [6.07, 6.45) is 1.32. The zero-order valence-corrected chi connectivity index (χ0v) is 16.2. The Morgan fingerprint density at radius 2 is 1.87 bits per heavy atom. The molecule has 0 unspecified atom stereocenters. The summed E-state index contributed by atoms with van der Waals surface area (Å²) in [6.45, 7) is 5.38. The van der Waals surface area contributed by atoms with Crippen LogP contribution < -0.4 is 15.6 Å². The van der Waals surface area contributed by atoms with Crippen molar-refractivity contribution >= 4 is 17.5 Å². The maximum atomic E-state index is 12.5. The zero-order chi connectivity index (χ0) is 22.5. The van der Waals surface area contributed by atoms with E-state index in [1.54, 1.807) is 37.3 Å². The average Bonchev–Trinajstić information content (AvgIpc) is 3.21. The number of rotatable bonds is 6. The van der Waals surface area contributed by atoms with Crippen LogP contribution in [0.5, 0.6) is 11.5 Å². The van der Waals surface area contributed by atoms with Gasteiger partial charge in [0.2, 0.25) is 5.76 Å². The summed E-state index contributed by atoms with van der Waals surface area (Å²) in [4.78, 5) is 34.8. The number of hydrogen-bond donors (Lipinski definition) is 3. The largest absolute Gasteiger partial charge is 0.502 e. The van der Waals surface area contributed by atoms with Crippen LogP contribution in [-0.4, -0.2) is 21.8 Å². The minimum atomic E-state index is -0.828. The lowest BCUT2D eigenvalue weighted by atomic mass is 10.1. The third-order valence-electron chi connectivity index (χ3n) is 4.03. The number of hydrogen-bond acceptors (Lipinski definition) is 7. The molecule has 2 amide bonds. The van der Waals surface area contributed by atoms with Gasteiger partial charge in [-0.3, -0.25) is 30.6 Å². The number of furan rings is 1. The van der Waals surface area contributed by atoms with Crippen molar-refractivity contribution in [3.8, 4) is 22.6 Å². The van der Waals surface area contributed by atoms with E-state index in [0.717, 1.165) is 12.1 Å². The average molecular weight is 423 g/mol. The molecule has 0 fully saturated rings. The molecule has 1 aromatic heterocycles. The zero-order valence-electron chi connectivity index (χ0n) is 16.2. The Hall–Kier alpha value is -4.60. The van der Waals surface area contributed by atoms with E-state index < -0.39 is 28.2 Å². The molecular weight excluding hydrogens is 406 g/mol. The van der Waals surface area contributed by atoms with Gasteiger partial charge in [0, 0.05) is 17.2 Å². The van der Waals surface area contributed by atoms with Crippen molar-refractivity contribution in [2.45, 2.75) is 6.92 Å². The Bertz CT molecular complexity index is 1180. The molecule has 2 aromatic carbocycles. The van der Waals surface area contributed by atoms with E-state index in [0.29, 0.717) is 22.6 Å². The number of amides is 2. The van der Waals surface area contributed by atoms with Crippen LogP contribution in [0.1, 0.15) is 27.8 Å². The third kappa shape index (κ3) is 4.88. The molecule has 0 atom stereocenters. The van der Waals surface area contributed by atoms with Gasteiger partial charge in [-0.2, -0.15) is 0 Å². The number of aromatic hydroxyl groups is 1. The predicted molar refractivity (Wildman–Crippen MR) is 109 cm³/mol. The smallest absolute Gasteiger partial charge is 0.311 e. The molecule has 3 aromatic rings. The van der Waals surface area contributed by atoms with Crippen LogP contribution in [0.3, 0.4) is 0 Å². The number of nitrogens with zero attached hydrogens (tertiary/aromatic N) is 1. The normalized spacial score (nSPS) is 10.2. The highest BCUT2D eigenvalue weighted by atomic mass is 16.6. The fourth-order valence-corrected chi connectivity index (χ4v) is 2.69. The van der Waals surface area contributed by atoms with Crippen LogP contribution in [0.25, 0.3) is 11.1 Å². The quantitative estimate of drug-likeness (QED) is 0.312. The molecule has 0 spiro atoms. The lowest BCUT2D eigenvalue weighted by Crippen LogP contribution is -2.41. The Kier molecular flexibility index (Phi) is 6.01. The van der Waals surface area contributed by atoms with E-state index >= 15 is 0 Å². The van der Waals surface area contributed by atoms with Gasteiger partial charge in [-0.1, -0.05) is 18.7 Å². The third-order valence-corrected chi connectivity index (χ3v) is 4.03. The molecule has 0 aliphatic heterocycles. The first-order valence-corrected chi connectivity index (χ1v) is 8.85. The minimum absolute atomic E-state index is 0.0653. The lowest BCUT2D eigenvalue weighted by molar-refractivity contribution is -0.385. The highest BCUT2D eigenvalue weighted by molar-refractivity contribution is 6.01. The lowest BCUT2D eigenvalue weighted by Gasteiger charge is -2.09. The number of nitro groups is 1. The molecule has 0 aliphatic rings. The van der Waals surface area contributed by atoms with Crippen LogP contribution in [0.4, 0.5) is 5.69 Å². The van der Waals surface area contributed by atoms with Gasteiger partial charge in [0.15, 0.2) is 5.75 Å². The highest BCUT2D eigenvalue weighted by Gasteiger charge is 2.20. The standard InChI is InChI=1S/C21H17N3O7/c1-12(2)31-15-5-3-4-13(10-15)16-8-9-30-19(16)21(27)23-22-20(26)14-6-7-18(25)17(11-14)24(28)29/h3-11,25H,1H2,2H3,(H,22,26)(H,23,27). The van der Waals surface area contributed by atoms with E-state index in [-0.39, 0.29) is 11.3 Å². The van der Waals surface area contributed by atoms with Crippen molar-refractivity contribution in [1.29, 1.82) is 0 Å². The number of carbonyl (C=O) groups excluding carboxylic acids is 2. The highest BCUT2D eigenvalue weighted by Crippen LogP contribution is 2.29. The minimum Gasteiger partial charge on any atom is -0.502 e. The first-order chi connectivity index (χ1) is 14.8. The van der Waals surface area contributed by atoms with Crippen molar-refractivity contribution in [3.63, 3.8) is 0 Å². The van der Waals surface area contributed by atoms with E-state index in [2.05, 4.69) is 17.4 Å². The second kappa shape index (κ2) is 8.82. The van der Waals surface area contributed by atoms with Gasteiger partial charge in [-0.15, -0.1) is 0 Å². The van der Waals surface area contributed by atoms with Crippen LogP contribution in [0.15, 0.2) is 71.5 Å². The molecule has 3 N–H and O–H groups in total. The Labute approximate surface area is 175 Å². The Morgan fingerprint density at radius 1 is 1.13 bits per heavy atom. The number of hydrazine groups is 1. The van der Waals surface area contributed by atoms with Gasteiger partial charge < -0.3 is 14.3 Å². The first-order valence-electron chi connectivity index (χ1n) is 8.85. The Morgan fingerprint density at radius 3 is 2.58 bits per heavy atom. The molecule has 0 bridgehead atoms. The summed E-state index contributed by atoms with van der Waals surface area (Å²) >= 11 is 0. The summed E-state index contributed by atoms with van der Waals surface area (Å²) in [6, 6.07) is 11.6. The van der Waals surface area contributed by atoms with Crippen LogP contribution in [-0.2, 0) is 0 Å². The number of allylic oxidation sites excluding steroid dienone is 1. The van der Waals surface area contributed by atoms with Gasteiger partial charge in [0.25, 0.3) is 5.91 Å². The van der Waals surface area contributed by atoms with Gasteiger partial charge in [-0.25, -0.2) is 0 Å². The molecule has 10 heteroatoms. The fraction of sp³-hybridized carbons (Fsp3) is 0.0476. The number of nitro benzene ring substituents is 1. The molecule has 10 nitrogen and oxygen atoms in total. The summed E-state index contributed by atoms with van der Waals surface area (Å²) in [7, 11) is 0. The second-order valence-electron chi connectivity index (χ2n) is 6.36. The van der Waals surface area contributed by atoms with Crippen molar-refractivity contribution in [3.05, 3.63) is 88.6 Å². The molecule has 0 radical (unpaired) electrons. The summed E-state index contributed by atoms with van der Waals surface area (Å²) in [5.41, 5.74) is 4.67. The number of carbonyl (C=O) groups is 2.